The normalized spacial score (nSPS) is 12.2. The number of benzene rings is 1. The molecule has 17 heavy (non-hydrogen) atoms. The molecule has 1 atom stereocenters. The molecule has 1 rings (SSSR count). The molecule has 0 fully saturated rings. The van der Waals surface area contributed by atoms with Gasteiger partial charge in [0.25, 0.3) is 0 Å². The van der Waals surface area contributed by atoms with E-state index in [1.807, 2.05) is 19.1 Å². The van der Waals surface area contributed by atoms with E-state index in [0.29, 0.717) is 18.0 Å². The monoisotopic (exact) mass is 273 g/mol. The van der Waals surface area contributed by atoms with Crippen LogP contribution in [0.1, 0.15) is 25.3 Å². The molecule has 0 saturated carbocycles. The molecule has 0 bridgehead atoms. The molecule has 2 nitrogen and oxygen atoms in total. The summed E-state index contributed by atoms with van der Waals surface area (Å²) in [6.07, 6.45) is 2.09. The predicted octanol–water partition coefficient (Wildman–Crippen LogP) is 3.41. The zero-order valence-electron chi connectivity index (χ0n) is 9.88. The first kappa shape index (κ1) is 14.3. The molecule has 0 spiro atoms. The van der Waals surface area contributed by atoms with Gasteiger partial charge in [-0.3, -0.25) is 4.79 Å². The fourth-order valence-corrected chi connectivity index (χ4v) is 1.79. The highest BCUT2D eigenvalue weighted by molar-refractivity contribution is 6.30. The van der Waals surface area contributed by atoms with Gasteiger partial charge in [0.05, 0.1) is 6.42 Å². The number of carbonyl (C=O) groups excluding carboxylic acids is 1. The highest BCUT2D eigenvalue weighted by atomic mass is 35.5. The van der Waals surface area contributed by atoms with Crippen LogP contribution in [-0.2, 0) is 11.2 Å². The van der Waals surface area contributed by atoms with E-state index < -0.39 is 0 Å². The van der Waals surface area contributed by atoms with E-state index >= 15 is 0 Å². The Labute approximate surface area is 112 Å². The summed E-state index contributed by atoms with van der Waals surface area (Å²) in [5, 5.41) is 3.64. The predicted molar refractivity (Wildman–Crippen MR) is 72.7 cm³/mol. The van der Waals surface area contributed by atoms with Gasteiger partial charge in [-0.25, -0.2) is 0 Å². The van der Waals surface area contributed by atoms with E-state index in [1.54, 1.807) is 12.1 Å². The lowest BCUT2D eigenvalue weighted by molar-refractivity contribution is -0.120. The van der Waals surface area contributed by atoms with E-state index in [-0.39, 0.29) is 11.3 Å². The molecule has 1 aromatic carbocycles. The van der Waals surface area contributed by atoms with E-state index in [1.165, 1.54) is 0 Å². The van der Waals surface area contributed by atoms with Gasteiger partial charge >= 0.3 is 0 Å². The minimum Gasteiger partial charge on any atom is -0.356 e. The lowest BCUT2D eigenvalue weighted by Crippen LogP contribution is -2.27. The van der Waals surface area contributed by atoms with Crippen molar-refractivity contribution in [2.45, 2.75) is 31.6 Å². The van der Waals surface area contributed by atoms with Crippen molar-refractivity contribution in [2.24, 2.45) is 0 Å². The summed E-state index contributed by atoms with van der Waals surface area (Å²) in [5.41, 5.74) is 0.924. The minimum atomic E-state index is 0.00670. The SMILES string of the molecule is CCC(Cl)CCNC(=O)Cc1cccc(Cl)c1. The number of carbonyl (C=O) groups is 1. The van der Waals surface area contributed by atoms with Crippen LogP contribution in [0.4, 0.5) is 0 Å². The Morgan fingerprint density at radius 3 is 2.88 bits per heavy atom. The molecule has 1 N–H and O–H groups in total. The number of nitrogens with one attached hydrogen (secondary N) is 1. The molecule has 1 amide bonds. The van der Waals surface area contributed by atoms with Gasteiger partial charge < -0.3 is 5.32 Å². The Hall–Kier alpha value is -0.730. The molecule has 0 saturated heterocycles. The Balaban J connectivity index is 2.30. The van der Waals surface area contributed by atoms with Crippen LogP contribution in [0.2, 0.25) is 5.02 Å². The van der Waals surface area contributed by atoms with Crippen molar-refractivity contribution in [1.82, 2.24) is 5.32 Å². The number of amides is 1. The first-order chi connectivity index (χ1) is 8.11. The van der Waals surface area contributed by atoms with E-state index in [0.717, 1.165) is 18.4 Å². The highest BCUT2D eigenvalue weighted by Gasteiger charge is 2.05. The summed E-state index contributed by atoms with van der Waals surface area (Å²) in [6.45, 7) is 2.66. The first-order valence-corrected chi connectivity index (χ1v) is 6.58. The van der Waals surface area contributed by atoms with Crippen molar-refractivity contribution in [3.05, 3.63) is 34.9 Å². The highest BCUT2D eigenvalue weighted by Crippen LogP contribution is 2.11. The maximum Gasteiger partial charge on any atom is 0.224 e. The zero-order valence-corrected chi connectivity index (χ0v) is 11.4. The maximum absolute atomic E-state index is 11.6. The molecule has 0 radical (unpaired) electrons. The van der Waals surface area contributed by atoms with E-state index in [9.17, 15) is 4.79 Å². The molecule has 0 heterocycles. The summed E-state index contributed by atoms with van der Waals surface area (Å²) in [5.74, 6) is 0.00670. The molecular weight excluding hydrogens is 257 g/mol. The van der Waals surface area contributed by atoms with Crippen LogP contribution in [-0.4, -0.2) is 17.8 Å². The zero-order chi connectivity index (χ0) is 12.7. The third-order valence-corrected chi connectivity index (χ3v) is 3.24. The largest absolute Gasteiger partial charge is 0.356 e. The standard InChI is InChI=1S/C13H17Cl2NO/c1-2-11(14)6-7-16-13(17)9-10-4-3-5-12(15)8-10/h3-5,8,11H,2,6-7,9H2,1H3,(H,16,17). The lowest BCUT2D eigenvalue weighted by atomic mass is 10.1. The Morgan fingerprint density at radius 2 is 2.24 bits per heavy atom. The number of hydrogen-bond donors (Lipinski definition) is 1. The number of hydrogen-bond acceptors (Lipinski definition) is 1. The van der Waals surface area contributed by atoms with Crippen LogP contribution in [0, 0.1) is 0 Å². The van der Waals surface area contributed by atoms with E-state index in [4.69, 9.17) is 23.2 Å². The van der Waals surface area contributed by atoms with Crippen LogP contribution >= 0.6 is 23.2 Å². The summed E-state index contributed by atoms with van der Waals surface area (Å²) in [4.78, 5) is 11.6. The third-order valence-electron chi connectivity index (χ3n) is 2.48. The van der Waals surface area contributed by atoms with Crippen molar-refractivity contribution in [3.8, 4) is 0 Å². The second-order valence-corrected chi connectivity index (χ2v) is 5.00. The summed E-state index contributed by atoms with van der Waals surface area (Å²) in [7, 11) is 0. The van der Waals surface area contributed by atoms with Gasteiger partial charge in [-0.2, -0.15) is 0 Å². The van der Waals surface area contributed by atoms with Crippen molar-refractivity contribution in [3.63, 3.8) is 0 Å². The Kier molecular flexibility index (Phi) is 6.38. The molecule has 94 valence electrons. The number of alkyl halides is 1. The van der Waals surface area contributed by atoms with E-state index in [2.05, 4.69) is 5.32 Å². The molecule has 0 aromatic heterocycles. The molecular formula is C13H17Cl2NO. The molecule has 4 heteroatoms. The second kappa shape index (κ2) is 7.57. The third kappa shape index (κ3) is 5.94. The van der Waals surface area contributed by atoms with Crippen LogP contribution in [0.3, 0.4) is 0 Å². The van der Waals surface area contributed by atoms with Gasteiger partial charge in [0.2, 0.25) is 5.91 Å². The average molecular weight is 274 g/mol. The van der Waals surface area contributed by atoms with Crippen LogP contribution in [0.5, 0.6) is 0 Å². The lowest BCUT2D eigenvalue weighted by Gasteiger charge is -2.08. The first-order valence-electron chi connectivity index (χ1n) is 5.77. The second-order valence-electron chi connectivity index (χ2n) is 3.95. The topological polar surface area (TPSA) is 29.1 Å². The Bertz CT molecular complexity index is 368. The quantitative estimate of drug-likeness (QED) is 0.791. The Morgan fingerprint density at radius 1 is 1.47 bits per heavy atom. The van der Waals surface area contributed by atoms with Crippen molar-refractivity contribution >= 4 is 29.1 Å². The molecule has 0 aliphatic rings. The molecule has 0 aliphatic heterocycles. The molecule has 1 aromatic rings. The van der Waals surface area contributed by atoms with Gasteiger partial charge in [0, 0.05) is 16.9 Å². The maximum atomic E-state index is 11.6. The summed E-state index contributed by atoms with van der Waals surface area (Å²) >= 11 is 11.8. The fraction of sp³-hybridized carbons (Fsp3) is 0.462. The van der Waals surface area contributed by atoms with Crippen LogP contribution in [0.25, 0.3) is 0 Å². The van der Waals surface area contributed by atoms with Gasteiger partial charge in [-0.15, -0.1) is 11.6 Å². The minimum absolute atomic E-state index is 0.00670. The smallest absolute Gasteiger partial charge is 0.224 e. The van der Waals surface area contributed by atoms with Crippen LogP contribution < -0.4 is 5.32 Å². The van der Waals surface area contributed by atoms with Crippen LogP contribution in [0.15, 0.2) is 24.3 Å². The summed E-state index contributed by atoms with van der Waals surface area (Å²) in [6, 6.07) is 7.33. The number of rotatable bonds is 6. The van der Waals surface area contributed by atoms with Crippen molar-refractivity contribution in [1.29, 1.82) is 0 Å². The van der Waals surface area contributed by atoms with Crippen molar-refractivity contribution < 1.29 is 4.79 Å². The fourth-order valence-electron chi connectivity index (χ4n) is 1.47. The number of halogens is 2. The van der Waals surface area contributed by atoms with Crippen molar-refractivity contribution in [2.75, 3.05) is 6.54 Å². The van der Waals surface area contributed by atoms with Gasteiger partial charge in [-0.05, 0) is 30.5 Å². The van der Waals surface area contributed by atoms with Gasteiger partial charge in [0.1, 0.15) is 0 Å². The average Bonchev–Trinajstić information content (AvgIpc) is 2.28. The summed E-state index contributed by atoms with van der Waals surface area (Å²) < 4.78 is 0. The molecule has 1 unspecified atom stereocenters. The van der Waals surface area contributed by atoms with Gasteiger partial charge in [0.15, 0.2) is 0 Å². The van der Waals surface area contributed by atoms with Gasteiger partial charge in [-0.1, -0.05) is 30.7 Å². The molecule has 0 aliphatic carbocycles.